The lowest BCUT2D eigenvalue weighted by molar-refractivity contribution is -0.134. The molecule has 1 aromatic heterocycles. The van der Waals surface area contributed by atoms with E-state index in [2.05, 4.69) is 10.4 Å². The van der Waals surface area contributed by atoms with Gasteiger partial charge in [0.05, 0.1) is 13.2 Å². The maximum atomic E-state index is 12.8. The van der Waals surface area contributed by atoms with E-state index in [1.165, 1.54) is 0 Å². The second kappa shape index (κ2) is 7.49. The van der Waals surface area contributed by atoms with Gasteiger partial charge in [0.15, 0.2) is 0 Å². The lowest BCUT2D eigenvalue weighted by Gasteiger charge is -2.37. The van der Waals surface area contributed by atoms with Crippen molar-refractivity contribution in [1.82, 2.24) is 20.0 Å². The summed E-state index contributed by atoms with van der Waals surface area (Å²) in [5.41, 5.74) is 2.13. The molecule has 6 heteroatoms. The Morgan fingerprint density at radius 2 is 2.21 bits per heavy atom. The summed E-state index contributed by atoms with van der Waals surface area (Å²) in [6.07, 6.45) is 2.22. The van der Waals surface area contributed by atoms with Gasteiger partial charge in [0, 0.05) is 50.1 Å². The van der Waals surface area contributed by atoms with E-state index in [1.54, 1.807) is 13.3 Å². The zero-order chi connectivity index (χ0) is 16.9. The average Bonchev–Trinajstić information content (AvgIpc) is 3.04. The van der Waals surface area contributed by atoms with Crippen molar-refractivity contribution in [2.75, 3.05) is 26.7 Å². The van der Waals surface area contributed by atoms with Crippen LogP contribution in [0.25, 0.3) is 0 Å². The summed E-state index contributed by atoms with van der Waals surface area (Å²) in [6, 6.07) is 9.87. The zero-order valence-corrected chi connectivity index (χ0v) is 14.2. The maximum absolute atomic E-state index is 12.8. The van der Waals surface area contributed by atoms with Gasteiger partial charge in [-0.15, -0.1) is 0 Å². The Morgan fingerprint density at radius 1 is 1.38 bits per heavy atom. The summed E-state index contributed by atoms with van der Waals surface area (Å²) < 4.78 is 7.35. The second-order valence-corrected chi connectivity index (χ2v) is 5.99. The van der Waals surface area contributed by atoms with Crippen molar-refractivity contribution in [2.24, 2.45) is 0 Å². The number of benzene rings is 1. The van der Waals surface area contributed by atoms with Gasteiger partial charge in [-0.05, 0) is 19.1 Å². The number of ether oxygens (including phenoxy) is 1. The number of carbonyl (C=O) groups excluding carboxylic acids is 1. The van der Waals surface area contributed by atoms with Crippen LogP contribution in [0.2, 0.25) is 0 Å². The van der Waals surface area contributed by atoms with E-state index in [9.17, 15) is 4.79 Å². The molecule has 1 saturated heterocycles. The van der Waals surface area contributed by atoms with Crippen LogP contribution in [0.1, 0.15) is 23.7 Å². The van der Waals surface area contributed by atoms with Crippen molar-refractivity contribution < 1.29 is 9.53 Å². The van der Waals surface area contributed by atoms with Gasteiger partial charge >= 0.3 is 0 Å². The summed E-state index contributed by atoms with van der Waals surface area (Å²) in [7, 11) is 1.67. The molecular weight excluding hydrogens is 304 g/mol. The molecule has 24 heavy (non-hydrogen) atoms. The molecule has 2 aromatic rings. The fraction of sp³-hybridized carbons (Fsp3) is 0.444. The lowest BCUT2D eigenvalue weighted by Crippen LogP contribution is -2.49. The van der Waals surface area contributed by atoms with Crippen molar-refractivity contribution in [1.29, 1.82) is 0 Å². The molecule has 1 amide bonds. The van der Waals surface area contributed by atoms with Crippen LogP contribution >= 0.6 is 0 Å². The standard InChI is InChI=1S/C18H24N4O2/c1-14-7-9-20-22(14)11-8-18(23)21-12-10-19-13-16(21)15-5-3-4-6-17(15)24-2/h3-7,9,16,19H,8,10-13H2,1-2H3/t16-/m0/s1. The molecule has 3 rings (SSSR count). The summed E-state index contributed by atoms with van der Waals surface area (Å²) in [6.45, 7) is 4.88. The van der Waals surface area contributed by atoms with Crippen LogP contribution in [-0.4, -0.2) is 47.3 Å². The topological polar surface area (TPSA) is 59.4 Å². The third kappa shape index (κ3) is 3.43. The maximum Gasteiger partial charge on any atom is 0.225 e. The summed E-state index contributed by atoms with van der Waals surface area (Å²) in [5.74, 6) is 0.981. The third-order valence-electron chi connectivity index (χ3n) is 4.53. The van der Waals surface area contributed by atoms with Gasteiger partial charge in [-0.1, -0.05) is 18.2 Å². The number of aryl methyl sites for hydroxylation is 2. The minimum absolute atomic E-state index is 0.00104. The number of carbonyl (C=O) groups is 1. The minimum atomic E-state index is 0.00104. The highest BCUT2D eigenvalue weighted by molar-refractivity contribution is 5.77. The number of piperazine rings is 1. The van der Waals surface area contributed by atoms with Crippen LogP contribution in [0.4, 0.5) is 0 Å². The van der Waals surface area contributed by atoms with Crippen LogP contribution in [0.5, 0.6) is 5.75 Å². The van der Waals surface area contributed by atoms with E-state index in [0.717, 1.165) is 30.1 Å². The number of aromatic nitrogens is 2. The number of amides is 1. The number of para-hydroxylation sites is 1. The van der Waals surface area contributed by atoms with Crippen LogP contribution in [0, 0.1) is 6.92 Å². The molecule has 0 aliphatic carbocycles. The molecule has 1 aromatic carbocycles. The van der Waals surface area contributed by atoms with E-state index in [-0.39, 0.29) is 11.9 Å². The third-order valence-corrected chi connectivity index (χ3v) is 4.53. The first-order valence-corrected chi connectivity index (χ1v) is 8.32. The van der Waals surface area contributed by atoms with Gasteiger partial charge in [0.2, 0.25) is 5.91 Å². The van der Waals surface area contributed by atoms with Crippen LogP contribution in [-0.2, 0) is 11.3 Å². The first-order chi connectivity index (χ1) is 11.7. The highest BCUT2D eigenvalue weighted by atomic mass is 16.5. The van der Waals surface area contributed by atoms with E-state index in [0.29, 0.717) is 19.5 Å². The first kappa shape index (κ1) is 16.5. The van der Waals surface area contributed by atoms with Gasteiger partial charge in [0.1, 0.15) is 5.75 Å². The Hall–Kier alpha value is -2.34. The van der Waals surface area contributed by atoms with Crippen molar-refractivity contribution in [3.8, 4) is 5.75 Å². The predicted molar refractivity (Wildman–Crippen MR) is 91.9 cm³/mol. The molecule has 0 radical (unpaired) electrons. The largest absolute Gasteiger partial charge is 0.496 e. The molecule has 1 fully saturated rings. The number of nitrogens with zero attached hydrogens (tertiary/aromatic N) is 3. The van der Waals surface area contributed by atoms with Crippen LogP contribution < -0.4 is 10.1 Å². The summed E-state index contributed by atoms with van der Waals surface area (Å²) in [5, 5.41) is 7.63. The molecule has 6 nitrogen and oxygen atoms in total. The number of nitrogens with one attached hydrogen (secondary N) is 1. The average molecular weight is 328 g/mol. The molecule has 1 aliphatic heterocycles. The van der Waals surface area contributed by atoms with E-state index >= 15 is 0 Å². The Balaban J connectivity index is 1.74. The minimum Gasteiger partial charge on any atom is -0.496 e. The molecular formula is C18H24N4O2. The van der Waals surface area contributed by atoms with E-state index in [1.807, 2.05) is 46.8 Å². The molecule has 0 unspecified atom stereocenters. The first-order valence-electron chi connectivity index (χ1n) is 8.32. The molecule has 2 heterocycles. The predicted octanol–water partition coefficient (Wildman–Crippen LogP) is 1.76. The van der Waals surface area contributed by atoms with Crippen LogP contribution in [0.15, 0.2) is 36.5 Å². The Bertz CT molecular complexity index is 698. The molecule has 1 aliphatic rings. The lowest BCUT2D eigenvalue weighted by atomic mass is 10.0. The molecule has 1 N–H and O–H groups in total. The molecule has 1 atom stereocenters. The fourth-order valence-corrected chi connectivity index (χ4v) is 3.20. The van der Waals surface area contributed by atoms with Crippen LogP contribution in [0.3, 0.4) is 0 Å². The Kier molecular flexibility index (Phi) is 5.15. The van der Waals surface area contributed by atoms with Gasteiger partial charge in [-0.3, -0.25) is 9.48 Å². The van der Waals surface area contributed by atoms with Crippen molar-refractivity contribution in [3.63, 3.8) is 0 Å². The van der Waals surface area contributed by atoms with Crippen molar-refractivity contribution in [3.05, 3.63) is 47.8 Å². The highest BCUT2D eigenvalue weighted by Crippen LogP contribution is 2.30. The van der Waals surface area contributed by atoms with Crippen molar-refractivity contribution >= 4 is 5.91 Å². The fourth-order valence-electron chi connectivity index (χ4n) is 3.20. The van der Waals surface area contributed by atoms with Gasteiger partial charge in [0.25, 0.3) is 0 Å². The monoisotopic (exact) mass is 328 g/mol. The summed E-state index contributed by atoms with van der Waals surface area (Å²) in [4.78, 5) is 14.8. The number of rotatable bonds is 5. The molecule has 128 valence electrons. The summed E-state index contributed by atoms with van der Waals surface area (Å²) >= 11 is 0. The zero-order valence-electron chi connectivity index (χ0n) is 14.2. The van der Waals surface area contributed by atoms with Gasteiger partial charge in [-0.2, -0.15) is 5.10 Å². The normalized spacial score (nSPS) is 17.8. The quantitative estimate of drug-likeness (QED) is 0.909. The number of hydrogen-bond donors (Lipinski definition) is 1. The van der Waals surface area contributed by atoms with E-state index in [4.69, 9.17) is 4.74 Å². The highest BCUT2D eigenvalue weighted by Gasteiger charge is 2.29. The van der Waals surface area contributed by atoms with Gasteiger partial charge < -0.3 is 15.0 Å². The smallest absolute Gasteiger partial charge is 0.225 e. The number of hydrogen-bond acceptors (Lipinski definition) is 4. The molecule has 0 spiro atoms. The van der Waals surface area contributed by atoms with E-state index < -0.39 is 0 Å². The Morgan fingerprint density at radius 3 is 2.96 bits per heavy atom. The SMILES string of the molecule is COc1ccccc1[C@@H]1CNCCN1C(=O)CCn1nccc1C. The molecule has 0 bridgehead atoms. The molecule has 0 saturated carbocycles. The Labute approximate surface area is 142 Å². The van der Waals surface area contributed by atoms with Gasteiger partial charge in [-0.25, -0.2) is 0 Å². The second-order valence-electron chi connectivity index (χ2n) is 5.99. The van der Waals surface area contributed by atoms with Crippen molar-refractivity contribution in [2.45, 2.75) is 25.9 Å². The number of methoxy groups -OCH3 is 1.